The van der Waals surface area contributed by atoms with Crippen molar-refractivity contribution >= 4 is 21.8 Å². The molecule has 1 rings (SSSR count). The molecule has 1 aromatic rings. The van der Waals surface area contributed by atoms with E-state index in [0.717, 1.165) is 11.0 Å². The molecule has 118 valence electrons. The SMILES string of the molecule is CN(Cc1ccccc1Br)C(CN)CC(=O)NC(C)(C)C. The van der Waals surface area contributed by atoms with E-state index in [-0.39, 0.29) is 17.5 Å². The third-order valence-corrected chi connectivity index (χ3v) is 3.98. The van der Waals surface area contributed by atoms with Crippen LogP contribution in [-0.4, -0.2) is 36.0 Å². The van der Waals surface area contributed by atoms with Crippen LogP contribution in [0, 0.1) is 0 Å². The van der Waals surface area contributed by atoms with Gasteiger partial charge in [0, 0.05) is 35.6 Å². The van der Waals surface area contributed by atoms with Crippen molar-refractivity contribution in [1.29, 1.82) is 0 Å². The standard InChI is InChI=1S/C16H26BrN3O/c1-16(2,3)19-15(21)9-13(10-18)20(4)11-12-7-5-6-8-14(12)17/h5-8,13H,9-11,18H2,1-4H3,(H,19,21). The molecule has 0 aliphatic heterocycles. The van der Waals surface area contributed by atoms with E-state index in [1.807, 2.05) is 46.0 Å². The number of nitrogens with zero attached hydrogens (tertiary/aromatic N) is 1. The molecule has 0 spiro atoms. The third-order valence-electron chi connectivity index (χ3n) is 3.21. The fourth-order valence-electron chi connectivity index (χ4n) is 2.13. The van der Waals surface area contributed by atoms with E-state index in [9.17, 15) is 4.79 Å². The molecule has 1 unspecified atom stereocenters. The maximum atomic E-state index is 12.0. The van der Waals surface area contributed by atoms with Gasteiger partial charge in [-0.2, -0.15) is 0 Å². The number of likely N-dealkylation sites (N-methyl/N-ethyl adjacent to an activating group) is 1. The Morgan fingerprint density at radius 1 is 1.38 bits per heavy atom. The summed E-state index contributed by atoms with van der Waals surface area (Å²) in [6.45, 7) is 7.15. The summed E-state index contributed by atoms with van der Waals surface area (Å²) < 4.78 is 1.08. The predicted molar refractivity (Wildman–Crippen MR) is 91.0 cm³/mol. The highest BCUT2D eigenvalue weighted by Gasteiger charge is 2.21. The summed E-state index contributed by atoms with van der Waals surface area (Å²) in [7, 11) is 2.00. The average molecular weight is 356 g/mol. The molecule has 1 amide bonds. The van der Waals surface area contributed by atoms with E-state index >= 15 is 0 Å². The van der Waals surface area contributed by atoms with Crippen molar-refractivity contribution < 1.29 is 4.79 Å². The molecular weight excluding hydrogens is 330 g/mol. The van der Waals surface area contributed by atoms with Gasteiger partial charge in [-0.05, 0) is 39.4 Å². The normalized spacial score (nSPS) is 13.3. The quantitative estimate of drug-likeness (QED) is 0.824. The van der Waals surface area contributed by atoms with Crippen molar-refractivity contribution in [1.82, 2.24) is 10.2 Å². The molecule has 0 bridgehead atoms. The van der Waals surface area contributed by atoms with Crippen LogP contribution in [0.3, 0.4) is 0 Å². The lowest BCUT2D eigenvalue weighted by atomic mass is 10.1. The number of hydrogen-bond acceptors (Lipinski definition) is 3. The lowest BCUT2D eigenvalue weighted by Gasteiger charge is -2.28. The van der Waals surface area contributed by atoms with E-state index in [2.05, 4.69) is 32.2 Å². The Morgan fingerprint density at radius 2 is 2.00 bits per heavy atom. The first-order valence-electron chi connectivity index (χ1n) is 7.17. The van der Waals surface area contributed by atoms with E-state index in [4.69, 9.17) is 5.73 Å². The van der Waals surface area contributed by atoms with Crippen LogP contribution in [0.1, 0.15) is 32.8 Å². The Kier molecular flexibility index (Phi) is 6.84. The molecule has 21 heavy (non-hydrogen) atoms. The first kappa shape index (κ1) is 18.1. The number of halogens is 1. The van der Waals surface area contributed by atoms with Crippen molar-refractivity contribution in [3.63, 3.8) is 0 Å². The van der Waals surface area contributed by atoms with Crippen molar-refractivity contribution in [2.75, 3.05) is 13.6 Å². The fraction of sp³-hybridized carbons (Fsp3) is 0.562. The second-order valence-electron chi connectivity index (χ2n) is 6.40. The van der Waals surface area contributed by atoms with Crippen LogP contribution >= 0.6 is 15.9 Å². The minimum absolute atomic E-state index is 0.0273. The molecule has 1 atom stereocenters. The summed E-state index contributed by atoms with van der Waals surface area (Å²) in [5.41, 5.74) is 6.82. The van der Waals surface area contributed by atoms with Crippen molar-refractivity contribution in [2.24, 2.45) is 5.73 Å². The van der Waals surface area contributed by atoms with Crippen molar-refractivity contribution in [3.8, 4) is 0 Å². The highest BCUT2D eigenvalue weighted by molar-refractivity contribution is 9.10. The highest BCUT2D eigenvalue weighted by atomic mass is 79.9. The zero-order valence-corrected chi connectivity index (χ0v) is 14.9. The second kappa shape index (κ2) is 7.92. The molecular formula is C16H26BrN3O. The molecule has 0 aromatic heterocycles. The maximum Gasteiger partial charge on any atom is 0.222 e. The molecule has 5 heteroatoms. The van der Waals surface area contributed by atoms with Crippen LogP contribution < -0.4 is 11.1 Å². The molecule has 0 saturated carbocycles. The van der Waals surface area contributed by atoms with Gasteiger partial charge in [0.15, 0.2) is 0 Å². The van der Waals surface area contributed by atoms with E-state index in [0.29, 0.717) is 13.0 Å². The number of benzene rings is 1. The predicted octanol–water partition coefficient (Wildman–Crippen LogP) is 2.51. The summed E-state index contributed by atoms with van der Waals surface area (Å²) in [6, 6.07) is 8.12. The lowest BCUT2D eigenvalue weighted by molar-refractivity contribution is -0.123. The van der Waals surface area contributed by atoms with Gasteiger partial charge in [0.05, 0.1) is 0 Å². The monoisotopic (exact) mass is 355 g/mol. The Bertz CT molecular complexity index is 471. The van der Waals surface area contributed by atoms with Crippen molar-refractivity contribution in [2.45, 2.75) is 45.3 Å². The largest absolute Gasteiger partial charge is 0.351 e. The molecule has 1 aromatic carbocycles. The number of hydrogen-bond donors (Lipinski definition) is 2. The number of nitrogens with one attached hydrogen (secondary N) is 1. The van der Waals surface area contributed by atoms with Gasteiger partial charge in [-0.3, -0.25) is 9.69 Å². The Morgan fingerprint density at radius 3 is 2.52 bits per heavy atom. The minimum Gasteiger partial charge on any atom is -0.351 e. The van der Waals surface area contributed by atoms with Crippen LogP contribution in [0.4, 0.5) is 0 Å². The van der Waals surface area contributed by atoms with Crippen LogP contribution in [-0.2, 0) is 11.3 Å². The summed E-state index contributed by atoms with van der Waals surface area (Å²) in [5.74, 6) is 0.0388. The van der Waals surface area contributed by atoms with Gasteiger partial charge < -0.3 is 11.1 Å². The molecule has 3 N–H and O–H groups in total. The van der Waals surface area contributed by atoms with Crippen LogP contribution in [0.5, 0.6) is 0 Å². The first-order valence-corrected chi connectivity index (χ1v) is 7.97. The number of carbonyl (C=O) groups excluding carboxylic acids is 1. The number of amides is 1. The molecule has 0 heterocycles. The van der Waals surface area contributed by atoms with Crippen LogP contribution in [0.25, 0.3) is 0 Å². The summed E-state index contributed by atoms with van der Waals surface area (Å²) in [4.78, 5) is 14.2. The molecule has 0 aliphatic carbocycles. The van der Waals surface area contributed by atoms with E-state index < -0.39 is 0 Å². The summed E-state index contributed by atoms with van der Waals surface area (Å²) in [5, 5.41) is 2.98. The van der Waals surface area contributed by atoms with Gasteiger partial charge in [0.25, 0.3) is 0 Å². The second-order valence-corrected chi connectivity index (χ2v) is 7.25. The third kappa shape index (κ3) is 6.59. The lowest BCUT2D eigenvalue weighted by Crippen LogP contribution is -2.46. The maximum absolute atomic E-state index is 12.0. The Hall–Kier alpha value is -0.910. The van der Waals surface area contributed by atoms with Crippen molar-refractivity contribution in [3.05, 3.63) is 34.3 Å². The van der Waals surface area contributed by atoms with Gasteiger partial charge in [0.2, 0.25) is 5.91 Å². The average Bonchev–Trinajstić information content (AvgIpc) is 2.36. The highest BCUT2D eigenvalue weighted by Crippen LogP contribution is 2.18. The Balaban J connectivity index is 2.63. The van der Waals surface area contributed by atoms with Gasteiger partial charge >= 0.3 is 0 Å². The smallest absolute Gasteiger partial charge is 0.222 e. The number of rotatable bonds is 6. The molecule has 4 nitrogen and oxygen atoms in total. The minimum atomic E-state index is -0.211. The van der Waals surface area contributed by atoms with Gasteiger partial charge in [-0.25, -0.2) is 0 Å². The molecule has 0 saturated heterocycles. The Labute approximate surface area is 136 Å². The summed E-state index contributed by atoms with van der Waals surface area (Å²) >= 11 is 3.55. The zero-order chi connectivity index (χ0) is 16.0. The van der Waals surface area contributed by atoms with Gasteiger partial charge in [0.1, 0.15) is 0 Å². The van der Waals surface area contributed by atoms with Crippen LogP contribution in [0.15, 0.2) is 28.7 Å². The molecule has 0 radical (unpaired) electrons. The molecule has 0 aliphatic rings. The van der Waals surface area contributed by atoms with E-state index in [1.165, 1.54) is 5.56 Å². The fourth-order valence-corrected chi connectivity index (χ4v) is 2.54. The topological polar surface area (TPSA) is 58.4 Å². The number of nitrogens with two attached hydrogens (primary N) is 1. The van der Waals surface area contributed by atoms with E-state index in [1.54, 1.807) is 0 Å². The van der Waals surface area contributed by atoms with Crippen LogP contribution in [0.2, 0.25) is 0 Å². The number of carbonyl (C=O) groups is 1. The zero-order valence-electron chi connectivity index (χ0n) is 13.3. The van der Waals surface area contributed by atoms with Gasteiger partial charge in [-0.1, -0.05) is 34.1 Å². The van der Waals surface area contributed by atoms with Gasteiger partial charge in [-0.15, -0.1) is 0 Å². The molecule has 0 fully saturated rings. The first-order chi connectivity index (χ1) is 9.73. The summed E-state index contributed by atoms with van der Waals surface area (Å²) in [6.07, 6.45) is 0.411.